The number of carbonyl (C=O) groups excluding carboxylic acids is 1. The lowest BCUT2D eigenvalue weighted by Crippen LogP contribution is -2.53. The first-order valence-electron chi connectivity index (χ1n) is 22.1. The Labute approximate surface area is 311 Å². The van der Waals surface area contributed by atoms with E-state index in [1.54, 1.807) is 0 Å². The minimum Gasteiger partial charge on any atom is -0.394 e. The monoisotopic (exact) mass is 710 g/mol. The fraction of sp³-hybridized carbons (Fsp3) is 0.932. The number of unbranched alkanes of at least 4 members (excludes halogenated alkanes) is 29. The van der Waals surface area contributed by atoms with Crippen LogP contribution in [0.15, 0.2) is 12.2 Å². The zero-order chi connectivity index (χ0) is 36.8. The summed E-state index contributed by atoms with van der Waals surface area (Å²) in [7, 11) is 0. The largest absolute Gasteiger partial charge is 0.394 e. The summed E-state index contributed by atoms with van der Waals surface area (Å²) in [5.41, 5.74) is 0. The fourth-order valence-electron chi connectivity index (χ4n) is 6.93. The van der Waals surface area contributed by atoms with Crippen LogP contribution in [0.4, 0.5) is 0 Å². The van der Waals surface area contributed by atoms with Crippen LogP contribution in [0, 0.1) is 0 Å². The van der Waals surface area contributed by atoms with E-state index in [0.717, 1.165) is 51.4 Å². The molecule has 5 N–H and O–H groups in total. The van der Waals surface area contributed by atoms with Crippen LogP contribution in [0.2, 0.25) is 0 Å². The maximum atomic E-state index is 12.5. The van der Waals surface area contributed by atoms with Crippen molar-refractivity contribution in [1.29, 1.82) is 0 Å². The van der Waals surface area contributed by atoms with E-state index in [2.05, 4.69) is 31.3 Å². The molecule has 4 atom stereocenters. The highest BCUT2D eigenvalue weighted by Gasteiger charge is 2.28. The van der Waals surface area contributed by atoms with Crippen molar-refractivity contribution in [2.75, 3.05) is 6.61 Å². The number of aliphatic hydroxyl groups excluding tert-OH is 4. The Bertz CT molecular complexity index is 717. The summed E-state index contributed by atoms with van der Waals surface area (Å²) < 4.78 is 0. The van der Waals surface area contributed by atoms with Crippen molar-refractivity contribution in [3.05, 3.63) is 12.2 Å². The number of amides is 1. The first-order valence-corrected chi connectivity index (χ1v) is 22.1. The lowest BCUT2D eigenvalue weighted by molar-refractivity contribution is -0.132. The smallest absolute Gasteiger partial charge is 0.249 e. The van der Waals surface area contributed by atoms with E-state index in [-0.39, 0.29) is 0 Å². The average molecular weight is 710 g/mol. The normalized spacial score (nSPS) is 14.3. The molecule has 0 saturated carbocycles. The lowest BCUT2D eigenvalue weighted by Gasteiger charge is -2.27. The summed E-state index contributed by atoms with van der Waals surface area (Å²) >= 11 is 0. The van der Waals surface area contributed by atoms with Gasteiger partial charge in [-0.15, -0.1) is 0 Å². The van der Waals surface area contributed by atoms with Gasteiger partial charge in [0, 0.05) is 0 Å². The minimum atomic E-state index is -1.26. The van der Waals surface area contributed by atoms with Crippen LogP contribution in [0.5, 0.6) is 0 Å². The van der Waals surface area contributed by atoms with Crippen LogP contribution in [0.1, 0.15) is 232 Å². The molecule has 0 radical (unpaired) electrons. The van der Waals surface area contributed by atoms with Gasteiger partial charge in [0.15, 0.2) is 0 Å². The number of hydrogen-bond acceptors (Lipinski definition) is 5. The zero-order valence-electron chi connectivity index (χ0n) is 33.4. The van der Waals surface area contributed by atoms with E-state index in [4.69, 9.17) is 0 Å². The first-order chi connectivity index (χ1) is 24.5. The Morgan fingerprint density at radius 2 is 0.800 bits per heavy atom. The Morgan fingerprint density at radius 1 is 0.480 bits per heavy atom. The van der Waals surface area contributed by atoms with Gasteiger partial charge in [-0.25, -0.2) is 0 Å². The van der Waals surface area contributed by atoms with E-state index in [1.807, 2.05) is 0 Å². The first kappa shape index (κ1) is 49.0. The molecule has 0 bridgehead atoms. The Balaban J connectivity index is 3.74. The van der Waals surface area contributed by atoms with Gasteiger partial charge in [0.25, 0.3) is 0 Å². The minimum absolute atomic E-state index is 0.357. The van der Waals surface area contributed by atoms with E-state index < -0.39 is 36.9 Å². The van der Waals surface area contributed by atoms with E-state index in [0.29, 0.717) is 12.8 Å². The van der Waals surface area contributed by atoms with Gasteiger partial charge in [-0.3, -0.25) is 4.79 Å². The van der Waals surface area contributed by atoms with E-state index in [9.17, 15) is 25.2 Å². The molecule has 0 aromatic carbocycles. The lowest BCUT2D eigenvalue weighted by atomic mass is 9.99. The van der Waals surface area contributed by atoms with Crippen molar-refractivity contribution in [1.82, 2.24) is 5.32 Å². The van der Waals surface area contributed by atoms with Crippen LogP contribution in [0.3, 0.4) is 0 Å². The molecule has 50 heavy (non-hydrogen) atoms. The van der Waals surface area contributed by atoms with Crippen molar-refractivity contribution in [2.45, 2.75) is 257 Å². The van der Waals surface area contributed by atoms with Crippen LogP contribution in [0.25, 0.3) is 0 Å². The third-order valence-corrected chi connectivity index (χ3v) is 10.5. The second-order valence-electron chi connectivity index (χ2n) is 15.4. The average Bonchev–Trinajstić information content (AvgIpc) is 3.12. The molecule has 6 heteroatoms. The summed E-state index contributed by atoms with van der Waals surface area (Å²) in [6, 6.07) is -0.986. The summed E-state index contributed by atoms with van der Waals surface area (Å²) in [5, 5.41) is 43.7. The van der Waals surface area contributed by atoms with Crippen LogP contribution in [-0.2, 0) is 4.79 Å². The van der Waals surface area contributed by atoms with Crippen LogP contribution in [-0.4, -0.2) is 57.3 Å². The molecule has 0 aliphatic heterocycles. The number of rotatable bonds is 40. The van der Waals surface area contributed by atoms with Crippen LogP contribution < -0.4 is 5.32 Å². The molecule has 0 aromatic heterocycles. The number of carbonyl (C=O) groups is 1. The number of allylic oxidation sites excluding steroid dienone is 2. The SMILES string of the molecule is CCCCCCCCCCC/C=C\CCCCCCC(O)C(=O)NC(CO)C(O)C(O)CCCCCCCCCCCCCCCCCCC. The molecule has 0 rings (SSSR count). The third kappa shape index (κ3) is 32.9. The topological polar surface area (TPSA) is 110 Å². The second kappa shape index (κ2) is 39.3. The molecule has 298 valence electrons. The van der Waals surface area contributed by atoms with Gasteiger partial charge < -0.3 is 25.7 Å². The van der Waals surface area contributed by atoms with Crippen molar-refractivity contribution < 1.29 is 25.2 Å². The maximum absolute atomic E-state index is 12.5. The van der Waals surface area contributed by atoms with Crippen molar-refractivity contribution >= 4 is 5.91 Å². The Hall–Kier alpha value is -0.950. The van der Waals surface area contributed by atoms with Gasteiger partial charge >= 0.3 is 0 Å². The van der Waals surface area contributed by atoms with Crippen molar-refractivity contribution in [3.8, 4) is 0 Å². The molecule has 0 saturated heterocycles. The molecular formula is C44H87NO5. The van der Waals surface area contributed by atoms with Crippen molar-refractivity contribution in [2.24, 2.45) is 0 Å². The maximum Gasteiger partial charge on any atom is 0.249 e. The van der Waals surface area contributed by atoms with Gasteiger partial charge in [-0.05, 0) is 38.5 Å². The molecule has 0 aliphatic rings. The highest BCUT2D eigenvalue weighted by Crippen LogP contribution is 2.16. The standard InChI is InChI=1S/C44H87NO5/c1-3-5-7-9-11-13-15-17-19-21-23-25-27-29-31-33-35-37-41(47)43(49)40(39-46)45-44(50)42(48)38-36-34-32-30-28-26-24-22-20-18-16-14-12-10-8-6-4-2/h24,26,40-43,46-49H,3-23,25,27-39H2,1-2H3,(H,45,50)/b26-24-. The molecule has 0 aromatic rings. The van der Waals surface area contributed by atoms with Gasteiger partial charge in [0.05, 0.1) is 18.8 Å². The Kier molecular flexibility index (Phi) is 38.5. The quantitative estimate of drug-likeness (QED) is 0.0321. The fourth-order valence-corrected chi connectivity index (χ4v) is 6.93. The molecule has 0 fully saturated rings. The zero-order valence-corrected chi connectivity index (χ0v) is 33.4. The molecule has 6 nitrogen and oxygen atoms in total. The van der Waals surface area contributed by atoms with E-state index >= 15 is 0 Å². The van der Waals surface area contributed by atoms with E-state index in [1.165, 1.54) is 154 Å². The van der Waals surface area contributed by atoms with Gasteiger partial charge in [-0.1, -0.05) is 206 Å². The molecule has 0 aliphatic carbocycles. The highest BCUT2D eigenvalue weighted by molar-refractivity contribution is 5.80. The Morgan fingerprint density at radius 3 is 1.16 bits per heavy atom. The molecular weight excluding hydrogens is 622 g/mol. The number of hydrogen-bond donors (Lipinski definition) is 5. The third-order valence-electron chi connectivity index (χ3n) is 10.5. The highest BCUT2D eigenvalue weighted by atomic mass is 16.3. The summed E-state index contributed by atoms with van der Waals surface area (Å²) in [6.07, 6.45) is 42.3. The second-order valence-corrected chi connectivity index (χ2v) is 15.4. The van der Waals surface area contributed by atoms with Crippen molar-refractivity contribution in [3.63, 3.8) is 0 Å². The molecule has 1 amide bonds. The summed E-state index contributed by atoms with van der Waals surface area (Å²) in [6.45, 7) is 4.05. The van der Waals surface area contributed by atoms with Gasteiger partial charge in [0.2, 0.25) is 5.91 Å². The van der Waals surface area contributed by atoms with Crippen LogP contribution >= 0.6 is 0 Å². The molecule has 4 unspecified atom stereocenters. The number of aliphatic hydroxyl groups is 4. The van der Waals surface area contributed by atoms with Gasteiger partial charge in [0.1, 0.15) is 12.2 Å². The predicted molar refractivity (Wildman–Crippen MR) is 215 cm³/mol. The summed E-state index contributed by atoms with van der Waals surface area (Å²) in [5.74, 6) is -0.590. The summed E-state index contributed by atoms with van der Waals surface area (Å²) in [4.78, 5) is 12.5. The molecule has 0 spiro atoms. The predicted octanol–water partition coefficient (Wildman–Crippen LogP) is 11.4. The molecule has 0 heterocycles. The number of nitrogens with one attached hydrogen (secondary N) is 1. The van der Waals surface area contributed by atoms with Gasteiger partial charge in [-0.2, -0.15) is 0 Å².